The number of nitrogens with zero attached hydrogens (tertiary/aromatic N) is 10. The molecule has 115 heavy (non-hydrogen) atoms. The number of hydrogen-bond donors (Lipinski definition) is 10. The van der Waals surface area contributed by atoms with Crippen molar-refractivity contribution in [3.63, 3.8) is 0 Å². The summed E-state index contributed by atoms with van der Waals surface area (Å²) in [7, 11) is 3.26. The fraction of sp³-hybridized carbons (Fsp3) is 0.440. The third-order valence-corrected chi connectivity index (χ3v) is 21.7. The van der Waals surface area contributed by atoms with Crippen molar-refractivity contribution in [1.82, 2.24) is 87.6 Å². The maximum Gasteiger partial charge on any atom is 0.326 e. The van der Waals surface area contributed by atoms with E-state index < -0.39 is 137 Å². The summed E-state index contributed by atoms with van der Waals surface area (Å²) in [5, 5.41) is 68.6. The van der Waals surface area contributed by atoms with Gasteiger partial charge in [-0.15, -0.1) is 15.3 Å². The van der Waals surface area contributed by atoms with Gasteiger partial charge in [0.15, 0.2) is 0 Å². The zero-order valence-electron chi connectivity index (χ0n) is 66.5. The molecular weight excluding hydrogens is 1470 g/mol. The van der Waals surface area contributed by atoms with Gasteiger partial charge in [0.1, 0.15) is 84.2 Å². The lowest BCUT2D eigenvalue weighted by Gasteiger charge is -2.37. The summed E-state index contributed by atoms with van der Waals surface area (Å²) in [5.41, 5.74) is 1.55. The molecule has 12 atom stereocenters. The lowest BCUT2D eigenvalue weighted by molar-refractivity contribution is -0.145. The number of amidine groups is 1. The lowest BCUT2D eigenvalue weighted by atomic mass is 9.85. The summed E-state index contributed by atoms with van der Waals surface area (Å²) in [6, 6.07) is 27.5. The second-order valence-electron chi connectivity index (χ2n) is 32.2. The van der Waals surface area contributed by atoms with Gasteiger partial charge >= 0.3 is 5.97 Å². The Kier molecular flexibility index (Phi) is 26.1. The number of aromatic nitrogens is 6. The van der Waals surface area contributed by atoms with Crippen molar-refractivity contribution < 1.29 is 57.7 Å². The number of likely N-dealkylation sites (N-methyl/N-ethyl adjacent to an activating group) is 2. The quantitative estimate of drug-likeness (QED) is 0.0687. The van der Waals surface area contributed by atoms with Crippen LogP contribution in [0, 0.1) is 10.8 Å². The summed E-state index contributed by atoms with van der Waals surface area (Å²) in [6.45, 7) is 14.5. The van der Waals surface area contributed by atoms with Crippen LogP contribution >= 0.6 is 0 Å². The first-order chi connectivity index (χ1) is 55.1. The average molecular weight is 1570 g/mol. The zero-order chi connectivity index (χ0) is 81.8. The smallest absolute Gasteiger partial charge is 0.326 e. The number of rotatable bonds is 14. The van der Waals surface area contributed by atoms with E-state index >= 15 is 28.8 Å². The molecule has 2 saturated heterocycles. The molecule has 0 aliphatic carbocycles. The Morgan fingerprint density at radius 3 is 1.44 bits per heavy atom. The van der Waals surface area contributed by atoms with Crippen LogP contribution in [0.5, 0.6) is 11.5 Å². The van der Waals surface area contributed by atoms with E-state index in [1.165, 1.54) is 19.2 Å². The predicted octanol–water partition coefficient (Wildman–Crippen LogP) is 4.97. The van der Waals surface area contributed by atoms with Gasteiger partial charge in [-0.3, -0.25) is 38.4 Å². The Bertz CT molecular complexity index is 4920. The van der Waals surface area contributed by atoms with Crippen molar-refractivity contribution in [3.8, 4) is 11.5 Å². The topological polar surface area (TPSA) is 393 Å². The Morgan fingerprint density at radius 2 is 1.00 bits per heavy atom. The number of hydrogen-bond acceptors (Lipinski definition) is 20. The van der Waals surface area contributed by atoms with E-state index in [-0.39, 0.29) is 64.8 Å². The molecule has 10 N–H and O–H groups in total. The second kappa shape index (κ2) is 36.4. The van der Waals surface area contributed by atoms with Gasteiger partial charge in [0.05, 0.1) is 42.6 Å². The molecule has 606 valence electrons. The van der Waals surface area contributed by atoms with Gasteiger partial charge in [-0.1, -0.05) is 161 Å². The first-order valence-electron chi connectivity index (χ1n) is 39.1. The van der Waals surface area contributed by atoms with Gasteiger partial charge in [0.25, 0.3) is 0 Å². The maximum atomic E-state index is 15.9. The number of amides is 8. The van der Waals surface area contributed by atoms with Crippen LogP contribution in [-0.4, -0.2) is 204 Å². The van der Waals surface area contributed by atoms with Gasteiger partial charge in [0, 0.05) is 45.1 Å². The first kappa shape index (κ1) is 82.5. The van der Waals surface area contributed by atoms with Crippen molar-refractivity contribution in [2.45, 2.75) is 192 Å². The van der Waals surface area contributed by atoms with Gasteiger partial charge in [-0.25, -0.2) is 14.2 Å². The van der Waals surface area contributed by atoms with Crippen molar-refractivity contribution >= 4 is 86.8 Å². The number of carbonyl (C=O) groups excluding carboxylic acids is 8. The highest BCUT2D eigenvalue weighted by molar-refractivity contribution is 5.99. The van der Waals surface area contributed by atoms with Crippen LogP contribution in [0.25, 0.3) is 21.5 Å². The molecule has 0 saturated carbocycles. The van der Waals surface area contributed by atoms with Crippen LogP contribution in [0.3, 0.4) is 0 Å². The highest BCUT2D eigenvalue weighted by Gasteiger charge is 2.51. The van der Waals surface area contributed by atoms with E-state index in [1.54, 1.807) is 104 Å². The van der Waals surface area contributed by atoms with Crippen molar-refractivity contribution in [1.29, 1.82) is 0 Å². The van der Waals surface area contributed by atoms with Crippen LogP contribution in [-0.2, 0) is 82.0 Å². The molecule has 0 spiro atoms. The fourth-order valence-electron chi connectivity index (χ4n) is 14.9. The summed E-state index contributed by atoms with van der Waals surface area (Å²) < 4.78 is 15.6. The largest absolute Gasteiger partial charge is 0.487 e. The number of carboxylic acids is 1. The van der Waals surface area contributed by atoms with E-state index in [9.17, 15) is 19.5 Å². The minimum Gasteiger partial charge on any atom is -0.487 e. The molecule has 7 aliphatic heterocycles. The summed E-state index contributed by atoms with van der Waals surface area (Å²) in [4.78, 5) is 136. The van der Waals surface area contributed by atoms with E-state index in [0.29, 0.717) is 52.8 Å². The molecule has 8 amide bonds. The summed E-state index contributed by atoms with van der Waals surface area (Å²) in [5.74, 6) is -5.00. The van der Waals surface area contributed by atoms with E-state index in [0.717, 1.165) is 39.1 Å². The highest BCUT2D eigenvalue weighted by atomic mass is 16.5. The van der Waals surface area contributed by atoms with Crippen LogP contribution < -0.4 is 57.3 Å². The number of carbonyl (C=O) groups is 9. The second-order valence-corrected chi connectivity index (χ2v) is 32.2. The van der Waals surface area contributed by atoms with Crippen LogP contribution in [0.15, 0.2) is 156 Å². The fourth-order valence-corrected chi connectivity index (χ4v) is 14.9. The molecule has 2 aromatic heterocycles. The molecule has 15 rings (SSSR count). The molecule has 8 bridgehead atoms. The van der Waals surface area contributed by atoms with Gasteiger partial charge in [-0.05, 0) is 139 Å². The number of aliphatic carboxylic acids is 1. The molecular formula is C84H103N19O12. The number of nitrogens with one attached hydrogen (secondary N) is 9. The molecule has 31 nitrogen and oxygen atoms in total. The van der Waals surface area contributed by atoms with Crippen LogP contribution in [0.2, 0.25) is 0 Å². The average Bonchev–Trinajstić information content (AvgIpc) is 1.64. The number of ether oxygens (including phenoxy) is 2. The number of likely N-dealkylation sites (tertiary alicyclic amines) is 2. The minimum absolute atomic E-state index is 0.00145. The maximum absolute atomic E-state index is 15.9. The summed E-state index contributed by atoms with van der Waals surface area (Å²) >= 11 is 0. The standard InChI is InChI=1S/C84H103N19O12/c1-49(85-9)74(104)93-71(83(3,4)5)80(110)100-37-33-67-69(100)78(108)90-64(43-53-21-27-55-17-11-13-19-57(55)39-53)76(106)89-63(73-87-35-15-16-36-88-97-73)41-51-23-29-61(30-24-51)114-47-59-45-103(99-95-59)68-34-38-101(81(111)72(84(6,7)8)94-75(105)50(2)86-10)70(68)79(109)91-65(44-54-22-28-56-18-12-14-20-58(56)40-54)77(107)92-66(82(112)113)42-52-25-31-62(32-26-52)115-48-60-46-102(67)98-96-60/h11-14,17-32,36,39-40,45-46,49-50,63-72,85-86H,15-16,33-35,37-38,41-44,47-48H2,1-10H3,(H,87,97)(H,89,106)(H,90,108)(H,91,109)(H,92,107)(H,93,104)(H,94,105)(H,112,113)/b88-36+. The van der Waals surface area contributed by atoms with Gasteiger partial charge < -0.3 is 72.2 Å². The van der Waals surface area contributed by atoms with E-state index in [2.05, 4.69) is 78.7 Å². The first-order valence-corrected chi connectivity index (χ1v) is 39.1. The number of carboxylic acid groups (broad SMARTS) is 1. The Labute approximate surface area is 667 Å². The van der Waals surface area contributed by atoms with E-state index in [1.807, 2.05) is 118 Å². The lowest BCUT2D eigenvalue weighted by Crippen LogP contribution is -2.61. The van der Waals surface area contributed by atoms with Gasteiger partial charge in [-0.2, -0.15) is 5.10 Å². The van der Waals surface area contributed by atoms with Crippen LogP contribution in [0.4, 0.5) is 0 Å². The predicted molar refractivity (Wildman–Crippen MR) is 431 cm³/mol. The van der Waals surface area contributed by atoms with Gasteiger partial charge in [0.2, 0.25) is 47.3 Å². The Hall–Kier alpha value is -12.0. The third-order valence-electron chi connectivity index (χ3n) is 21.7. The van der Waals surface area contributed by atoms with Crippen molar-refractivity contribution in [3.05, 3.63) is 179 Å². The Balaban J connectivity index is 0.908. The van der Waals surface area contributed by atoms with Crippen molar-refractivity contribution in [2.75, 3.05) is 33.7 Å². The third kappa shape index (κ3) is 20.3. The molecule has 7 aliphatic rings. The molecule has 12 unspecified atom stereocenters. The molecule has 2 fully saturated rings. The normalized spacial score (nSPS) is 22.3. The molecule has 8 aromatic rings. The zero-order valence-corrected chi connectivity index (χ0v) is 66.5. The molecule has 9 heterocycles. The molecule has 31 heteroatoms. The monoisotopic (exact) mass is 1570 g/mol. The number of benzene rings is 6. The summed E-state index contributed by atoms with van der Waals surface area (Å²) in [6.07, 6.45) is 6.57. The van der Waals surface area contributed by atoms with E-state index in [4.69, 9.17) is 9.47 Å². The molecule has 0 radical (unpaired) electrons. The minimum atomic E-state index is -1.53. The Morgan fingerprint density at radius 1 is 0.557 bits per heavy atom. The van der Waals surface area contributed by atoms with Crippen LogP contribution in [0.1, 0.15) is 127 Å². The highest BCUT2D eigenvalue weighted by Crippen LogP contribution is 2.36. The molecule has 6 aromatic carbocycles. The SMILES string of the molecule is CNC(C)C(=O)NC(C(=O)N1CCC2C1C(=O)NC(Cc1ccc3ccccc3c1)C(=O)NC(C(=O)O)Cc1ccc(cc1)OCc1cn(nn1)C1CCN(C(=O)C(NC(=O)C(C)NC)C(C)(C)C)C1C(=O)NC(Cc1ccc3ccccc3c1)C(=O)NC(C1=N/N=C/CCCN1)Cc1ccc(cc1)OCc1cn2nn1)C(C)(C)C. The van der Waals surface area contributed by atoms with Crippen molar-refractivity contribution in [2.24, 2.45) is 21.0 Å². The number of fused-ring (bicyclic) bond motifs is 2.